The third-order valence-electron chi connectivity index (χ3n) is 4.42. The number of hydrogen-bond acceptors (Lipinski definition) is 4. The predicted molar refractivity (Wildman–Crippen MR) is 114 cm³/mol. The van der Waals surface area contributed by atoms with Crippen LogP contribution in [0.4, 0.5) is 0 Å². The Morgan fingerprint density at radius 3 is 1.45 bits per heavy atom. The summed E-state index contributed by atoms with van der Waals surface area (Å²) in [7, 11) is -5.17. The molecule has 3 N–H and O–H groups in total. The molecular formula is C19H12Cl4O5S. The van der Waals surface area contributed by atoms with Gasteiger partial charge in [0.1, 0.15) is 11.5 Å². The van der Waals surface area contributed by atoms with Crippen molar-refractivity contribution in [1.82, 2.24) is 0 Å². The van der Waals surface area contributed by atoms with Crippen LogP contribution in [0, 0.1) is 0 Å². The quantitative estimate of drug-likeness (QED) is 0.311. The van der Waals surface area contributed by atoms with Gasteiger partial charge in [-0.1, -0.05) is 76.7 Å². The summed E-state index contributed by atoms with van der Waals surface area (Å²) in [4.78, 5) is 0. The maximum Gasteiger partial charge on any atom is 0.283 e. The van der Waals surface area contributed by atoms with Crippen LogP contribution in [0.5, 0.6) is 11.5 Å². The fourth-order valence-electron chi connectivity index (χ4n) is 3.24. The summed E-state index contributed by atoms with van der Waals surface area (Å²) in [5.41, 5.74) is -0.765. The molecular weight excluding hydrogens is 482 g/mol. The van der Waals surface area contributed by atoms with Gasteiger partial charge in [0.25, 0.3) is 10.1 Å². The van der Waals surface area contributed by atoms with Crippen molar-refractivity contribution in [3.05, 3.63) is 91.4 Å². The van der Waals surface area contributed by atoms with Gasteiger partial charge in [0.05, 0.1) is 10.0 Å². The number of halogens is 4. The van der Waals surface area contributed by atoms with E-state index >= 15 is 0 Å². The molecule has 0 aliphatic rings. The molecule has 0 radical (unpaired) electrons. The molecule has 29 heavy (non-hydrogen) atoms. The van der Waals surface area contributed by atoms with Crippen LogP contribution in [0.15, 0.2) is 54.6 Å². The highest BCUT2D eigenvalue weighted by atomic mass is 35.5. The predicted octanol–water partition coefficient (Wildman–Crippen LogP) is 5.89. The van der Waals surface area contributed by atoms with Crippen molar-refractivity contribution in [3.8, 4) is 11.5 Å². The molecule has 0 aliphatic heterocycles. The molecule has 0 atom stereocenters. The van der Waals surface area contributed by atoms with Crippen LogP contribution in [0.25, 0.3) is 0 Å². The van der Waals surface area contributed by atoms with Crippen molar-refractivity contribution in [2.75, 3.05) is 0 Å². The molecule has 0 heterocycles. The highest BCUT2D eigenvalue weighted by molar-refractivity contribution is 7.87. The van der Waals surface area contributed by atoms with Gasteiger partial charge in [-0.15, -0.1) is 0 Å². The van der Waals surface area contributed by atoms with Gasteiger partial charge >= 0.3 is 0 Å². The molecule has 0 amide bonds. The average Bonchev–Trinajstić information content (AvgIpc) is 2.63. The topological polar surface area (TPSA) is 94.8 Å². The van der Waals surface area contributed by atoms with Gasteiger partial charge in [0, 0.05) is 26.7 Å². The van der Waals surface area contributed by atoms with E-state index in [4.69, 9.17) is 46.4 Å². The van der Waals surface area contributed by atoms with Crippen molar-refractivity contribution < 1.29 is 23.2 Å². The molecule has 0 aromatic heterocycles. The van der Waals surface area contributed by atoms with Gasteiger partial charge in [0.15, 0.2) is 4.75 Å². The van der Waals surface area contributed by atoms with Crippen molar-refractivity contribution in [2.24, 2.45) is 0 Å². The highest BCUT2D eigenvalue weighted by Crippen LogP contribution is 2.54. The number of benzene rings is 3. The van der Waals surface area contributed by atoms with Crippen molar-refractivity contribution in [1.29, 1.82) is 0 Å². The van der Waals surface area contributed by atoms with Gasteiger partial charge in [-0.25, -0.2) is 0 Å². The van der Waals surface area contributed by atoms with Crippen LogP contribution in [-0.2, 0) is 14.9 Å². The number of hydrogen-bond donors (Lipinski definition) is 3. The van der Waals surface area contributed by atoms with E-state index in [-0.39, 0.29) is 36.8 Å². The summed E-state index contributed by atoms with van der Waals surface area (Å²) >= 11 is 25.2. The molecule has 3 rings (SSSR count). The lowest BCUT2D eigenvalue weighted by Gasteiger charge is -2.35. The molecule has 0 unspecified atom stereocenters. The van der Waals surface area contributed by atoms with E-state index in [9.17, 15) is 23.2 Å². The Morgan fingerprint density at radius 2 is 1.07 bits per heavy atom. The monoisotopic (exact) mass is 492 g/mol. The minimum atomic E-state index is -5.17. The maximum atomic E-state index is 13.0. The zero-order valence-corrected chi connectivity index (χ0v) is 18.1. The van der Waals surface area contributed by atoms with Crippen LogP contribution >= 0.6 is 46.4 Å². The second kappa shape index (κ2) is 7.87. The van der Waals surface area contributed by atoms with E-state index < -0.39 is 26.4 Å². The van der Waals surface area contributed by atoms with E-state index in [0.29, 0.717) is 0 Å². The van der Waals surface area contributed by atoms with Gasteiger partial charge in [-0.3, -0.25) is 4.55 Å². The minimum Gasteiger partial charge on any atom is -0.506 e. The summed E-state index contributed by atoms with van der Waals surface area (Å²) in [5, 5.41) is 19.3. The van der Waals surface area contributed by atoms with Crippen LogP contribution in [-0.4, -0.2) is 23.2 Å². The number of phenols is 2. The lowest BCUT2D eigenvalue weighted by molar-refractivity contribution is 0.455. The standard InChI is InChI=1S/C19H12Cl4O5S/c20-12-6-3-7-13(21)16(12)19(29(26,27)28,10-4-1-8-14(24)17(10)22)11-5-2-9-15(25)18(11)23/h1-9,24-25H,(H,26,27,28). The lowest BCUT2D eigenvalue weighted by Crippen LogP contribution is -2.39. The maximum absolute atomic E-state index is 13.0. The molecule has 5 nitrogen and oxygen atoms in total. The smallest absolute Gasteiger partial charge is 0.283 e. The Kier molecular flexibility index (Phi) is 5.98. The summed E-state index contributed by atoms with van der Waals surface area (Å²) in [6.45, 7) is 0. The molecule has 10 heteroatoms. The van der Waals surface area contributed by atoms with Gasteiger partial charge in [0.2, 0.25) is 0 Å². The first-order valence-corrected chi connectivity index (χ1v) is 10.9. The number of rotatable bonds is 4. The minimum absolute atomic E-state index is 0.117. The molecule has 0 saturated carbocycles. The number of phenolic OH excluding ortho intramolecular Hbond substituents is 2. The van der Waals surface area contributed by atoms with E-state index in [1.165, 1.54) is 54.6 Å². The largest absolute Gasteiger partial charge is 0.506 e. The van der Waals surface area contributed by atoms with Crippen LogP contribution in [0.1, 0.15) is 16.7 Å². The Labute approximate surface area is 186 Å². The molecule has 0 aliphatic carbocycles. The summed E-state index contributed by atoms with van der Waals surface area (Å²) in [5.74, 6) is -0.895. The third-order valence-corrected chi connectivity index (χ3v) is 7.26. The Bertz CT molecular complexity index is 1140. The SMILES string of the molecule is O=S(=O)(O)C(c1cccc(O)c1Cl)(c1cccc(O)c1Cl)c1c(Cl)cccc1Cl. The summed E-state index contributed by atoms with van der Waals surface area (Å²) in [6, 6.07) is 11.9. The second-order valence-corrected chi connectivity index (χ2v) is 9.16. The Hall–Kier alpha value is -1.67. The Balaban J connectivity index is 2.70. The first-order valence-electron chi connectivity index (χ1n) is 7.91. The van der Waals surface area contributed by atoms with Crippen molar-refractivity contribution >= 4 is 56.5 Å². The van der Waals surface area contributed by atoms with Gasteiger partial charge in [-0.05, 0) is 24.3 Å². The van der Waals surface area contributed by atoms with Crippen molar-refractivity contribution in [3.63, 3.8) is 0 Å². The lowest BCUT2D eigenvalue weighted by atomic mass is 9.83. The summed E-state index contributed by atoms with van der Waals surface area (Å²) in [6.07, 6.45) is 0. The molecule has 0 fully saturated rings. The van der Waals surface area contributed by atoms with E-state index in [1.54, 1.807) is 0 Å². The molecule has 3 aromatic carbocycles. The van der Waals surface area contributed by atoms with Crippen LogP contribution < -0.4 is 0 Å². The molecule has 3 aromatic rings. The highest BCUT2D eigenvalue weighted by Gasteiger charge is 2.53. The van der Waals surface area contributed by atoms with E-state index in [2.05, 4.69) is 0 Å². The molecule has 0 spiro atoms. The van der Waals surface area contributed by atoms with Crippen LogP contribution in [0.3, 0.4) is 0 Å². The second-order valence-electron chi connectivity index (χ2n) is 6.03. The zero-order chi connectivity index (χ0) is 21.6. The molecule has 0 saturated heterocycles. The van der Waals surface area contributed by atoms with E-state index in [0.717, 1.165) is 0 Å². The van der Waals surface area contributed by atoms with E-state index in [1.807, 2.05) is 0 Å². The molecule has 152 valence electrons. The van der Waals surface area contributed by atoms with Gasteiger partial charge < -0.3 is 10.2 Å². The first-order chi connectivity index (χ1) is 13.5. The molecule has 0 bridgehead atoms. The first kappa shape index (κ1) is 22.0. The van der Waals surface area contributed by atoms with Gasteiger partial charge in [-0.2, -0.15) is 8.42 Å². The Morgan fingerprint density at radius 1 is 0.690 bits per heavy atom. The fraction of sp³-hybridized carbons (Fsp3) is 0.0526. The summed E-state index contributed by atoms with van der Waals surface area (Å²) < 4.78 is 34.1. The average molecular weight is 494 g/mol. The van der Waals surface area contributed by atoms with Crippen LogP contribution in [0.2, 0.25) is 20.1 Å². The number of aromatic hydroxyl groups is 2. The fourth-order valence-corrected chi connectivity index (χ4v) is 6.05. The normalized spacial score (nSPS) is 12.2. The van der Waals surface area contributed by atoms with Crippen molar-refractivity contribution in [2.45, 2.75) is 4.75 Å². The third kappa shape index (κ3) is 3.44. The zero-order valence-electron chi connectivity index (χ0n) is 14.3.